The molecule has 64 heavy (non-hydrogen) atoms. The summed E-state index contributed by atoms with van der Waals surface area (Å²) in [6.45, 7) is 23.9. The van der Waals surface area contributed by atoms with Crippen LogP contribution in [0.5, 0.6) is 5.75 Å². The first-order chi connectivity index (χ1) is 31.1. The zero-order valence-electron chi connectivity index (χ0n) is 39.1. The summed E-state index contributed by atoms with van der Waals surface area (Å²) in [5, 5.41) is 8.30. The van der Waals surface area contributed by atoms with Gasteiger partial charge >= 0.3 is 0 Å². The molecule has 1 amide bonds. The molecule has 2 fully saturated rings. The lowest BCUT2D eigenvalue weighted by molar-refractivity contribution is 0.0808. The maximum absolute atomic E-state index is 13.7. The van der Waals surface area contributed by atoms with Crippen LogP contribution in [0.4, 0.5) is 5.69 Å². The molecule has 342 valence electrons. The smallest absolute Gasteiger partial charge is 0.259 e. The fourth-order valence-electron chi connectivity index (χ4n) is 10.4. The lowest BCUT2D eigenvalue weighted by Gasteiger charge is -2.35. The van der Waals surface area contributed by atoms with Crippen molar-refractivity contribution in [2.75, 3.05) is 25.1 Å². The summed E-state index contributed by atoms with van der Waals surface area (Å²) in [5.41, 5.74) is 13.0. The summed E-state index contributed by atoms with van der Waals surface area (Å²) in [6, 6.07) is 14.9. The van der Waals surface area contributed by atoms with Crippen molar-refractivity contribution in [2.45, 2.75) is 148 Å². The van der Waals surface area contributed by atoms with Gasteiger partial charge in [0.2, 0.25) is 0 Å². The van der Waals surface area contributed by atoms with Crippen LogP contribution < -0.4 is 15.4 Å². The van der Waals surface area contributed by atoms with Crippen LogP contribution in [0.3, 0.4) is 0 Å². The highest BCUT2D eigenvalue weighted by Gasteiger charge is 2.39. The predicted molar refractivity (Wildman–Crippen MR) is 270 cm³/mol. The number of allylic oxidation sites excluding steroid dienone is 3. The number of carbonyl (C=O) groups excluding carboxylic acids is 1. The minimum atomic E-state index is -0.0843. The zero-order valence-corrected chi connectivity index (χ0v) is 40.2. The highest BCUT2D eigenvalue weighted by atomic mass is 31.0. The number of unbranched alkanes of at least 4 members (excludes halogenated alkanes) is 8. The second kappa shape index (κ2) is 23.1. The number of piperidine rings is 1. The summed E-state index contributed by atoms with van der Waals surface area (Å²) in [7, 11) is 2.92. The molecule has 1 saturated carbocycles. The quantitative estimate of drug-likeness (QED) is 0.0730. The number of pyridine rings is 1. The Hall–Kier alpha value is -4.45. The van der Waals surface area contributed by atoms with Gasteiger partial charge in [0.1, 0.15) is 5.75 Å². The molecule has 8 heteroatoms. The number of fused-ring (bicyclic) bond motifs is 2. The van der Waals surface area contributed by atoms with E-state index < -0.39 is 0 Å². The Morgan fingerprint density at radius 2 is 1.61 bits per heavy atom. The standard InChI is InChI=1S/C56H75N4O3P/c1-38-21-27-47(59-41(4)40(3)44-23-25-45(26-24-44)50-31-32-57-52-29-28-48(64)37-51(50)52)36-54(38)63-35-16-12-15-34-62-33-14-11-9-7-8-10-13-18-46-19-17-20-49-43(6)60(56(61)55(46)49)53-30-22-39(2)58-42(53)5/h17,19-21,27,31-32,36-37,40,44-45,53,58-59H,2,4-16,18,22-26,28-30,33-35,64H2,1,3H3. The lowest BCUT2D eigenvalue weighted by atomic mass is 9.72. The fourth-order valence-corrected chi connectivity index (χ4v) is 10.8. The average Bonchev–Trinajstić information content (AvgIpc) is 3.55. The van der Waals surface area contributed by atoms with E-state index in [1.165, 1.54) is 79.9 Å². The molecule has 0 bridgehead atoms. The monoisotopic (exact) mass is 883 g/mol. The van der Waals surface area contributed by atoms with E-state index in [0.29, 0.717) is 24.4 Å². The molecule has 2 N–H and O–H groups in total. The number of aryl methyl sites for hydroxylation is 3. The topological polar surface area (TPSA) is 75.7 Å². The van der Waals surface area contributed by atoms with Crippen LogP contribution in [0.25, 0.3) is 11.8 Å². The molecule has 7 nitrogen and oxygen atoms in total. The van der Waals surface area contributed by atoms with Gasteiger partial charge in [-0.25, -0.2) is 0 Å². The third-order valence-corrected chi connectivity index (χ3v) is 14.9. The third kappa shape index (κ3) is 12.1. The molecular formula is C56H75N4O3P. The highest BCUT2D eigenvalue weighted by molar-refractivity contribution is 7.22. The molecule has 2 aliphatic heterocycles. The molecule has 3 aromatic rings. The van der Waals surface area contributed by atoms with Crippen molar-refractivity contribution in [1.82, 2.24) is 15.2 Å². The molecule has 3 atom stereocenters. The van der Waals surface area contributed by atoms with Gasteiger partial charge in [-0.1, -0.05) is 94.9 Å². The van der Waals surface area contributed by atoms with Crippen LogP contribution in [-0.4, -0.2) is 41.7 Å². The number of aromatic nitrogens is 1. The largest absolute Gasteiger partial charge is 0.493 e. The van der Waals surface area contributed by atoms with E-state index in [9.17, 15) is 4.79 Å². The number of carbonyl (C=O) groups is 1. The van der Waals surface area contributed by atoms with Crippen molar-refractivity contribution >= 4 is 32.6 Å². The first kappa shape index (κ1) is 47.5. The number of ether oxygens (including phenoxy) is 2. The van der Waals surface area contributed by atoms with Gasteiger partial charge < -0.3 is 20.1 Å². The van der Waals surface area contributed by atoms with Gasteiger partial charge in [-0.15, -0.1) is 9.24 Å². The Labute approximate surface area is 387 Å². The molecule has 7 rings (SSSR count). The van der Waals surface area contributed by atoms with Gasteiger partial charge in [-0.2, -0.15) is 0 Å². The number of nitrogens with zero attached hydrogens (tertiary/aromatic N) is 2. The Morgan fingerprint density at radius 1 is 0.891 bits per heavy atom. The molecule has 3 unspecified atom stereocenters. The van der Waals surface area contributed by atoms with Crippen LogP contribution in [0.15, 0.2) is 97.4 Å². The number of anilines is 1. The van der Waals surface area contributed by atoms with Gasteiger partial charge in [0.05, 0.1) is 18.2 Å². The summed E-state index contributed by atoms with van der Waals surface area (Å²) >= 11 is 0. The molecule has 1 aromatic heterocycles. The van der Waals surface area contributed by atoms with Gasteiger partial charge in [0.25, 0.3) is 5.91 Å². The SMILES string of the molecule is C=C1CCC(N2C(=C)c3cccc(CCCCCCCCCOCCCCCOc4cc(NC(=C)C(C)C5CCC(c6ccnc7c6C=C(P)CC7)CC5)ccc4C)c3C2=O)C(=C)N1. The molecule has 2 aromatic carbocycles. The summed E-state index contributed by atoms with van der Waals surface area (Å²) < 4.78 is 12.3. The van der Waals surface area contributed by atoms with Crippen LogP contribution in [0.1, 0.15) is 166 Å². The molecule has 4 aliphatic rings. The van der Waals surface area contributed by atoms with Crippen LogP contribution >= 0.6 is 9.24 Å². The zero-order chi connectivity index (χ0) is 45.0. The number of amides is 1. The molecule has 2 aliphatic carbocycles. The Balaban J connectivity index is 0.701. The predicted octanol–water partition coefficient (Wildman–Crippen LogP) is 13.8. The fraction of sp³-hybridized carbons (Fsp3) is 0.500. The van der Waals surface area contributed by atoms with E-state index in [4.69, 9.17) is 14.5 Å². The summed E-state index contributed by atoms with van der Waals surface area (Å²) in [5.74, 6) is 2.68. The Bertz CT molecular complexity index is 2180. The minimum Gasteiger partial charge on any atom is -0.493 e. The molecule has 0 spiro atoms. The van der Waals surface area contributed by atoms with Crippen molar-refractivity contribution in [1.29, 1.82) is 0 Å². The van der Waals surface area contributed by atoms with E-state index in [-0.39, 0.29) is 11.9 Å². The second-order valence-corrected chi connectivity index (χ2v) is 19.8. The Morgan fingerprint density at radius 3 is 2.38 bits per heavy atom. The molecule has 1 saturated heterocycles. The van der Waals surface area contributed by atoms with Crippen molar-refractivity contribution in [3.63, 3.8) is 0 Å². The molecule has 0 radical (unpaired) electrons. The number of hydrogen-bond acceptors (Lipinski definition) is 6. The Kier molecular flexibility index (Phi) is 17.2. The summed E-state index contributed by atoms with van der Waals surface area (Å²) in [6.07, 6.45) is 25.5. The van der Waals surface area contributed by atoms with Crippen LogP contribution in [0.2, 0.25) is 0 Å². The third-order valence-electron chi connectivity index (χ3n) is 14.4. The van der Waals surface area contributed by atoms with Crippen molar-refractivity contribution < 1.29 is 14.3 Å². The number of benzene rings is 2. The summed E-state index contributed by atoms with van der Waals surface area (Å²) in [4.78, 5) is 20.2. The van der Waals surface area contributed by atoms with Crippen LogP contribution in [0, 0.1) is 18.8 Å². The lowest BCUT2D eigenvalue weighted by Crippen LogP contribution is -2.42. The van der Waals surface area contributed by atoms with Gasteiger partial charge in [0, 0.05) is 65.2 Å². The number of hydrogen-bond donors (Lipinski definition) is 2. The normalized spacial score (nSPS) is 20.1. The van der Waals surface area contributed by atoms with E-state index in [0.717, 1.165) is 134 Å². The first-order valence-electron chi connectivity index (χ1n) is 24.6. The van der Waals surface area contributed by atoms with Crippen molar-refractivity contribution in [3.05, 3.63) is 136 Å². The first-order valence-corrected chi connectivity index (χ1v) is 25.2. The number of nitrogens with one attached hydrogen (secondary N) is 2. The number of rotatable bonds is 23. The highest BCUT2D eigenvalue weighted by Crippen LogP contribution is 2.44. The van der Waals surface area contributed by atoms with E-state index in [1.807, 2.05) is 17.2 Å². The van der Waals surface area contributed by atoms with Crippen molar-refractivity contribution in [3.8, 4) is 5.75 Å². The molecule has 3 heterocycles. The minimum absolute atomic E-state index is 0.0661. The maximum Gasteiger partial charge on any atom is 0.259 e. The van der Waals surface area contributed by atoms with Gasteiger partial charge in [0.15, 0.2) is 0 Å². The average molecular weight is 883 g/mol. The molecular weight excluding hydrogens is 808 g/mol. The van der Waals surface area contributed by atoms with Gasteiger partial charge in [-0.3, -0.25) is 14.7 Å². The maximum atomic E-state index is 13.7. The van der Waals surface area contributed by atoms with Gasteiger partial charge in [-0.05, 0) is 155 Å². The second-order valence-electron chi connectivity index (χ2n) is 19.0. The van der Waals surface area contributed by atoms with E-state index in [2.05, 4.69) is 103 Å². The van der Waals surface area contributed by atoms with Crippen molar-refractivity contribution in [2.24, 2.45) is 11.8 Å². The van der Waals surface area contributed by atoms with Crippen LogP contribution in [-0.2, 0) is 17.6 Å². The van der Waals surface area contributed by atoms with E-state index in [1.54, 1.807) is 0 Å². The van der Waals surface area contributed by atoms with E-state index >= 15 is 0 Å².